The number of aryl methyl sites for hydroxylation is 1. The van der Waals surface area contributed by atoms with Crippen molar-refractivity contribution in [3.05, 3.63) is 42.5 Å². The molecule has 0 atom stereocenters. The minimum atomic E-state index is 0.211. The first-order chi connectivity index (χ1) is 9.15. The molecule has 0 aliphatic heterocycles. The van der Waals surface area contributed by atoms with Crippen LogP contribution in [0.1, 0.15) is 19.7 Å². The van der Waals surface area contributed by atoms with E-state index in [1.54, 1.807) is 0 Å². The third-order valence-corrected chi connectivity index (χ3v) is 2.83. The Morgan fingerprint density at radius 3 is 2.58 bits per heavy atom. The molecule has 0 radical (unpaired) electrons. The van der Waals surface area contributed by atoms with E-state index in [4.69, 9.17) is 4.74 Å². The Kier molecular flexibility index (Phi) is 4.44. The maximum absolute atomic E-state index is 5.61. The molecule has 2 aromatic rings. The second kappa shape index (κ2) is 6.27. The highest BCUT2D eigenvalue weighted by Crippen LogP contribution is 2.16. The number of nitrogens with one attached hydrogen (secondary N) is 1. The molecule has 0 saturated carbocycles. The molecule has 1 aromatic carbocycles. The Morgan fingerprint density at radius 1 is 1.26 bits per heavy atom. The van der Waals surface area contributed by atoms with Crippen LogP contribution >= 0.6 is 0 Å². The topological polar surface area (TPSA) is 39.1 Å². The van der Waals surface area contributed by atoms with E-state index in [9.17, 15) is 0 Å². The average Bonchev–Trinajstić information content (AvgIpc) is 2.77. The predicted molar refractivity (Wildman–Crippen MR) is 77.7 cm³/mol. The van der Waals surface area contributed by atoms with Gasteiger partial charge in [-0.05, 0) is 45.0 Å². The molecular formula is C15H21N3O. The lowest BCUT2D eigenvalue weighted by atomic mass is 10.3. The summed E-state index contributed by atoms with van der Waals surface area (Å²) in [6, 6.07) is 8.06. The molecule has 2 rings (SSSR count). The van der Waals surface area contributed by atoms with E-state index in [1.165, 1.54) is 0 Å². The van der Waals surface area contributed by atoms with Crippen molar-refractivity contribution in [1.82, 2.24) is 9.55 Å². The van der Waals surface area contributed by atoms with Gasteiger partial charge in [-0.15, -0.1) is 0 Å². The van der Waals surface area contributed by atoms with E-state index >= 15 is 0 Å². The number of hydrogen-bond acceptors (Lipinski definition) is 3. The molecule has 0 aliphatic carbocycles. The second-order valence-corrected chi connectivity index (χ2v) is 4.79. The fourth-order valence-corrected chi connectivity index (χ4v) is 1.88. The predicted octanol–water partition coefficient (Wildman–Crippen LogP) is 3.09. The van der Waals surface area contributed by atoms with Crippen molar-refractivity contribution in [3.8, 4) is 5.75 Å². The van der Waals surface area contributed by atoms with Crippen molar-refractivity contribution in [3.63, 3.8) is 0 Å². The van der Waals surface area contributed by atoms with E-state index < -0.39 is 0 Å². The number of anilines is 1. The van der Waals surface area contributed by atoms with E-state index in [-0.39, 0.29) is 6.10 Å². The van der Waals surface area contributed by atoms with Crippen LogP contribution in [0.5, 0.6) is 5.75 Å². The van der Waals surface area contributed by atoms with Gasteiger partial charge in [0.05, 0.1) is 6.10 Å². The van der Waals surface area contributed by atoms with Crippen molar-refractivity contribution < 1.29 is 4.74 Å². The maximum Gasteiger partial charge on any atom is 0.119 e. The lowest BCUT2D eigenvalue weighted by molar-refractivity contribution is 0.242. The van der Waals surface area contributed by atoms with Gasteiger partial charge in [0.15, 0.2) is 0 Å². The molecule has 4 heteroatoms. The van der Waals surface area contributed by atoms with Crippen molar-refractivity contribution >= 4 is 5.69 Å². The molecule has 1 heterocycles. The summed E-state index contributed by atoms with van der Waals surface area (Å²) in [6.07, 6.45) is 4.03. The number of nitrogens with zero attached hydrogens (tertiary/aromatic N) is 2. The van der Waals surface area contributed by atoms with E-state index in [0.717, 1.165) is 30.4 Å². The largest absolute Gasteiger partial charge is 0.491 e. The minimum absolute atomic E-state index is 0.211. The first-order valence-corrected chi connectivity index (χ1v) is 6.63. The third-order valence-electron chi connectivity index (χ3n) is 2.83. The zero-order chi connectivity index (χ0) is 13.7. The molecule has 4 nitrogen and oxygen atoms in total. The summed E-state index contributed by atoms with van der Waals surface area (Å²) in [4.78, 5) is 4.20. The monoisotopic (exact) mass is 259 g/mol. The van der Waals surface area contributed by atoms with Gasteiger partial charge in [-0.25, -0.2) is 4.98 Å². The zero-order valence-corrected chi connectivity index (χ0v) is 11.8. The van der Waals surface area contributed by atoms with Gasteiger partial charge in [0.1, 0.15) is 11.6 Å². The SMILES string of the molecule is Cc1nccn1CCNc1ccc(OC(C)C)cc1. The van der Waals surface area contributed by atoms with Crippen LogP contribution in [-0.2, 0) is 6.54 Å². The molecule has 1 N–H and O–H groups in total. The standard InChI is InChI=1S/C15H21N3O/c1-12(2)19-15-6-4-14(5-7-15)17-9-11-18-10-8-16-13(18)3/h4-8,10,12,17H,9,11H2,1-3H3. The van der Waals surface area contributed by atoms with Crippen LogP contribution in [0.3, 0.4) is 0 Å². The Labute approximate surface area is 114 Å². The van der Waals surface area contributed by atoms with Gasteiger partial charge in [0, 0.05) is 31.2 Å². The number of rotatable bonds is 6. The Hall–Kier alpha value is -1.97. The highest BCUT2D eigenvalue weighted by atomic mass is 16.5. The fraction of sp³-hybridized carbons (Fsp3) is 0.400. The number of benzene rings is 1. The molecule has 0 amide bonds. The van der Waals surface area contributed by atoms with Gasteiger partial charge in [0.25, 0.3) is 0 Å². The van der Waals surface area contributed by atoms with Crippen LogP contribution in [-0.4, -0.2) is 22.2 Å². The molecule has 102 valence electrons. The smallest absolute Gasteiger partial charge is 0.119 e. The third kappa shape index (κ3) is 4.02. The van der Waals surface area contributed by atoms with Crippen molar-refractivity contribution in [2.75, 3.05) is 11.9 Å². The van der Waals surface area contributed by atoms with Gasteiger partial charge in [-0.1, -0.05) is 0 Å². The zero-order valence-electron chi connectivity index (χ0n) is 11.8. The van der Waals surface area contributed by atoms with Crippen LogP contribution in [0.2, 0.25) is 0 Å². The summed E-state index contributed by atoms with van der Waals surface area (Å²) in [5.41, 5.74) is 1.11. The lowest BCUT2D eigenvalue weighted by Crippen LogP contribution is -2.11. The van der Waals surface area contributed by atoms with Crippen molar-refractivity contribution in [2.24, 2.45) is 0 Å². The van der Waals surface area contributed by atoms with Crippen molar-refractivity contribution in [1.29, 1.82) is 0 Å². The van der Waals surface area contributed by atoms with Crippen LogP contribution in [0, 0.1) is 6.92 Å². The first-order valence-electron chi connectivity index (χ1n) is 6.63. The number of hydrogen-bond donors (Lipinski definition) is 1. The van der Waals surface area contributed by atoms with E-state index in [1.807, 2.05) is 57.4 Å². The first kappa shape index (κ1) is 13.5. The van der Waals surface area contributed by atoms with Crippen LogP contribution in [0.25, 0.3) is 0 Å². The average molecular weight is 259 g/mol. The molecule has 1 aromatic heterocycles. The normalized spacial score (nSPS) is 10.7. The summed E-state index contributed by atoms with van der Waals surface area (Å²) < 4.78 is 7.74. The minimum Gasteiger partial charge on any atom is -0.491 e. The summed E-state index contributed by atoms with van der Waals surface area (Å²) in [5, 5.41) is 3.39. The summed E-state index contributed by atoms with van der Waals surface area (Å²) >= 11 is 0. The number of aromatic nitrogens is 2. The van der Waals surface area contributed by atoms with Gasteiger partial charge >= 0.3 is 0 Å². The van der Waals surface area contributed by atoms with Gasteiger partial charge < -0.3 is 14.6 Å². The Bertz CT molecular complexity index is 502. The summed E-state index contributed by atoms with van der Waals surface area (Å²) in [5.74, 6) is 1.95. The number of imidazole rings is 1. The summed E-state index contributed by atoms with van der Waals surface area (Å²) in [7, 11) is 0. The second-order valence-electron chi connectivity index (χ2n) is 4.79. The quantitative estimate of drug-likeness (QED) is 0.866. The lowest BCUT2D eigenvalue weighted by Gasteiger charge is -2.11. The van der Waals surface area contributed by atoms with E-state index in [2.05, 4.69) is 14.9 Å². The molecule has 0 bridgehead atoms. The maximum atomic E-state index is 5.61. The molecule has 19 heavy (non-hydrogen) atoms. The van der Waals surface area contributed by atoms with Crippen LogP contribution in [0.4, 0.5) is 5.69 Å². The van der Waals surface area contributed by atoms with Crippen LogP contribution in [0.15, 0.2) is 36.7 Å². The molecule has 0 saturated heterocycles. The summed E-state index contributed by atoms with van der Waals surface area (Å²) in [6.45, 7) is 7.86. The van der Waals surface area contributed by atoms with Gasteiger partial charge in [0.2, 0.25) is 0 Å². The molecular weight excluding hydrogens is 238 g/mol. The highest BCUT2D eigenvalue weighted by Gasteiger charge is 1.99. The van der Waals surface area contributed by atoms with Gasteiger partial charge in [-0.3, -0.25) is 0 Å². The molecule has 0 aliphatic rings. The highest BCUT2D eigenvalue weighted by molar-refractivity contribution is 5.46. The van der Waals surface area contributed by atoms with Gasteiger partial charge in [-0.2, -0.15) is 0 Å². The molecule has 0 fully saturated rings. The van der Waals surface area contributed by atoms with Crippen molar-refractivity contribution in [2.45, 2.75) is 33.4 Å². The van der Waals surface area contributed by atoms with E-state index in [0.29, 0.717) is 0 Å². The fourth-order valence-electron chi connectivity index (χ4n) is 1.88. The molecule has 0 unspecified atom stereocenters. The Balaban J connectivity index is 1.81. The molecule has 0 spiro atoms. The number of ether oxygens (including phenoxy) is 1. The van der Waals surface area contributed by atoms with Crippen LogP contribution < -0.4 is 10.1 Å². The Morgan fingerprint density at radius 2 is 2.00 bits per heavy atom.